The van der Waals surface area contributed by atoms with Crippen LogP contribution in [0.4, 0.5) is 5.69 Å². The molecular formula is C23H21Cl2N3O3S. The van der Waals surface area contributed by atoms with Crippen LogP contribution in [0.5, 0.6) is 5.75 Å². The number of hydrazone groups is 1. The van der Waals surface area contributed by atoms with Crippen molar-refractivity contribution in [2.45, 2.75) is 19.8 Å². The van der Waals surface area contributed by atoms with Crippen LogP contribution in [0.15, 0.2) is 65.1 Å². The van der Waals surface area contributed by atoms with Gasteiger partial charge in [-0.25, -0.2) is 5.43 Å². The number of ether oxygens (including phenoxy) is 1. The first kappa shape index (κ1) is 23.8. The number of thiophene rings is 1. The van der Waals surface area contributed by atoms with E-state index in [1.807, 2.05) is 23.6 Å². The van der Waals surface area contributed by atoms with E-state index in [-0.39, 0.29) is 18.2 Å². The SMILES string of the molecule is CC(=NNC(=O)CCCOc1ccc(Cl)cc1Cl)c1ccc(NC(=O)c2cccs2)cc1. The highest BCUT2D eigenvalue weighted by Crippen LogP contribution is 2.27. The van der Waals surface area contributed by atoms with Gasteiger partial charge in [0.1, 0.15) is 5.75 Å². The minimum Gasteiger partial charge on any atom is -0.492 e. The first-order valence-corrected chi connectivity index (χ1v) is 11.4. The molecule has 2 aromatic carbocycles. The van der Waals surface area contributed by atoms with Crippen LogP contribution in [-0.2, 0) is 4.79 Å². The molecule has 166 valence electrons. The molecule has 1 heterocycles. The summed E-state index contributed by atoms with van der Waals surface area (Å²) in [6, 6.07) is 15.8. The summed E-state index contributed by atoms with van der Waals surface area (Å²) in [5.41, 5.74) is 4.72. The first-order valence-electron chi connectivity index (χ1n) is 9.78. The molecule has 0 saturated carbocycles. The van der Waals surface area contributed by atoms with E-state index in [9.17, 15) is 9.59 Å². The van der Waals surface area contributed by atoms with Gasteiger partial charge in [0.25, 0.3) is 5.91 Å². The summed E-state index contributed by atoms with van der Waals surface area (Å²) in [5.74, 6) is 0.170. The average molecular weight is 490 g/mol. The van der Waals surface area contributed by atoms with Crippen LogP contribution in [0, 0.1) is 0 Å². The highest BCUT2D eigenvalue weighted by molar-refractivity contribution is 7.12. The highest BCUT2D eigenvalue weighted by atomic mass is 35.5. The molecule has 2 N–H and O–H groups in total. The predicted octanol–water partition coefficient (Wildman–Crippen LogP) is 6.01. The molecule has 0 spiro atoms. The number of nitrogens with one attached hydrogen (secondary N) is 2. The van der Waals surface area contributed by atoms with Crippen molar-refractivity contribution in [3.05, 3.63) is 80.5 Å². The fraction of sp³-hybridized carbons (Fsp3) is 0.174. The number of carbonyl (C=O) groups excluding carboxylic acids is 2. The number of rotatable bonds is 9. The van der Waals surface area contributed by atoms with Gasteiger partial charge < -0.3 is 10.1 Å². The van der Waals surface area contributed by atoms with Crippen LogP contribution in [0.25, 0.3) is 0 Å². The first-order chi connectivity index (χ1) is 15.4. The Morgan fingerprint density at radius 3 is 2.56 bits per heavy atom. The van der Waals surface area contributed by atoms with Gasteiger partial charge in [0.15, 0.2) is 0 Å². The molecule has 0 bridgehead atoms. The maximum atomic E-state index is 12.1. The number of halogens is 2. The van der Waals surface area contributed by atoms with Gasteiger partial charge >= 0.3 is 0 Å². The molecule has 2 amide bonds. The second kappa shape index (κ2) is 11.7. The third kappa shape index (κ3) is 7.09. The van der Waals surface area contributed by atoms with Gasteiger partial charge in [-0.1, -0.05) is 41.4 Å². The summed E-state index contributed by atoms with van der Waals surface area (Å²) in [6.45, 7) is 2.14. The molecule has 0 aliphatic rings. The van der Waals surface area contributed by atoms with Crippen molar-refractivity contribution in [1.29, 1.82) is 0 Å². The average Bonchev–Trinajstić information content (AvgIpc) is 3.32. The third-order valence-electron chi connectivity index (χ3n) is 4.35. The monoisotopic (exact) mass is 489 g/mol. The fourth-order valence-corrected chi connectivity index (χ4v) is 3.75. The standard InChI is InChI=1S/C23H21Cl2N3O3S/c1-15(16-6-9-18(10-7-16)26-23(30)21-4-3-13-32-21)27-28-22(29)5-2-12-31-20-11-8-17(24)14-19(20)25/h3-4,6-11,13-14H,2,5,12H2,1H3,(H,26,30)(H,28,29). The van der Waals surface area contributed by atoms with Crippen LogP contribution in [0.3, 0.4) is 0 Å². The number of hydrogen-bond donors (Lipinski definition) is 2. The van der Waals surface area contributed by atoms with E-state index in [1.165, 1.54) is 11.3 Å². The molecule has 3 rings (SSSR count). The second-order valence-electron chi connectivity index (χ2n) is 6.77. The van der Waals surface area contributed by atoms with Crippen LogP contribution >= 0.6 is 34.5 Å². The molecule has 0 aliphatic carbocycles. The van der Waals surface area contributed by atoms with E-state index < -0.39 is 0 Å². The summed E-state index contributed by atoms with van der Waals surface area (Å²) in [4.78, 5) is 24.8. The molecule has 0 radical (unpaired) electrons. The Morgan fingerprint density at radius 2 is 1.88 bits per heavy atom. The van der Waals surface area contributed by atoms with Crippen molar-refractivity contribution < 1.29 is 14.3 Å². The number of amides is 2. The molecule has 1 aromatic heterocycles. The van der Waals surface area contributed by atoms with Crippen molar-refractivity contribution in [3.8, 4) is 5.75 Å². The zero-order valence-corrected chi connectivity index (χ0v) is 19.6. The Morgan fingerprint density at radius 1 is 1.09 bits per heavy atom. The Hall–Kier alpha value is -2.87. The summed E-state index contributed by atoms with van der Waals surface area (Å²) >= 11 is 13.3. The van der Waals surface area contributed by atoms with Crippen LogP contribution in [-0.4, -0.2) is 24.1 Å². The predicted molar refractivity (Wildman–Crippen MR) is 130 cm³/mol. The van der Waals surface area contributed by atoms with Gasteiger partial charge in [0.05, 0.1) is 22.2 Å². The molecule has 0 unspecified atom stereocenters. The van der Waals surface area contributed by atoms with Gasteiger partial charge in [-0.05, 0) is 60.7 Å². The van der Waals surface area contributed by atoms with Crippen molar-refractivity contribution in [3.63, 3.8) is 0 Å². The largest absolute Gasteiger partial charge is 0.492 e. The zero-order chi connectivity index (χ0) is 22.9. The van der Waals surface area contributed by atoms with E-state index in [0.717, 1.165) is 5.56 Å². The maximum Gasteiger partial charge on any atom is 0.265 e. The van der Waals surface area contributed by atoms with Crippen molar-refractivity contribution in [1.82, 2.24) is 5.43 Å². The van der Waals surface area contributed by atoms with Crippen molar-refractivity contribution >= 4 is 57.8 Å². The number of nitrogens with zero attached hydrogens (tertiary/aromatic N) is 1. The quantitative estimate of drug-likeness (QED) is 0.219. The Bertz CT molecular complexity index is 1100. The molecule has 0 aliphatic heterocycles. The Labute approximate surface area is 200 Å². The zero-order valence-electron chi connectivity index (χ0n) is 17.2. The molecule has 0 fully saturated rings. The summed E-state index contributed by atoms with van der Waals surface area (Å²) in [6.07, 6.45) is 0.771. The molecule has 32 heavy (non-hydrogen) atoms. The van der Waals surface area contributed by atoms with E-state index in [2.05, 4.69) is 15.8 Å². The maximum absolute atomic E-state index is 12.1. The normalized spacial score (nSPS) is 11.2. The lowest BCUT2D eigenvalue weighted by Gasteiger charge is -2.08. The number of benzene rings is 2. The molecular weight excluding hydrogens is 469 g/mol. The summed E-state index contributed by atoms with van der Waals surface area (Å²) in [5, 5.41) is 9.80. The number of hydrogen-bond acceptors (Lipinski definition) is 5. The van der Waals surface area contributed by atoms with E-state index in [0.29, 0.717) is 45.1 Å². The minimum absolute atomic E-state index is 0.146. The Kier molecular flexibility index (Phi) is 8.67. The van der Waals surface area contributed by atoms with Crippen molar-refractivity contribution in [2.75, 3.05) is 11.9 Å². The minimum atomic E-state index is -0.213. The van der Waals surface area contributed by atoms with Crippen LogP contribution < -0.4 is 15.5 Å². The van der Waals surface area contributed by atoms with E-state index in [1.54, 1.807) is 43.3 Å². The van der Waals surface area contributed by atoms with E-state index in [4.69, 9.17) is 27.9 Å². The number of anilines is 1. The van der Waals surface area contributed by atoms with Crippen molar-refractivity contribution in [2.24, 2.45) is 5.10 Å². The molecule has 3 aromatic rings. The lowest BCUT2D eigenvalue weighted by atomic mass is 10.1. The van der Waals surface area contributed by atoms with Gasteiger partial charge in [-0.2, -0.15) is 5.10 Å². The molecule has 6 nitrogen and oxygen atoms in total. The van der Waals surface area contributed by atoms with Gasteiger partial charge in [0.2, 0.25) is 5.91 Å². The fourth-order valence-electron chi connectivity index (χ4n) is 2.67. The van der Waals surface area contributed by atoms with Gasteiger partial charge in [0, 0.05) is 17.1 Å². The molecule has 0 atom stereocenters. The highest BCUT2D eigenvalue weighted by Gasteiger charge is 2.08. The number of carbonyl (C=O) groups is 2. The second-order valence-corrected chi connectivity index (χ2v) is 8.56. The molecule has 0 saturated heterocycles. The molecule has 9 heteroatoms. The lowest BCUT2D eigenvalue weighted by Crippen LogP contribution is -2.19. The summed E-state index contributed by atoms with van der Waals surface area (Å²) < 4.78 is 5.56. The lowest BCUT2D eigenvalue weighted by molar-refractivity contribution is -0.121. The summed E-state index contributed by atoms with van der Waals surface area (Å²) in [7, 11) is 0. The Balaban J connectivity index is 1.42. The van der Waals surface area contributed by atoms with E-state index >= 15 is 0 Å². The van der Waals surface area contributed by atoms with Gasteiger partial charge in [-0.15, -0.1) is 11.3 Å². The topological polar surface area (TPSA) is 79.8 Å². The van der Waals surface area contributed by atoms with Crippen LogP contribution in [0.2, 0.25) is 10.0 Å². The third-order valence-corrected chi connectivity index (χ3v) is 5.75. The van der Waals surface area contributed by atoms with Gasteiger partial charge in [-0.3, -0.25) is 9.59 Å². The smallest absolute Gasteiger partial charge is 0.265 e. The van der Waals surface area contributed by atoms with Crippen LogP contribution in [0.1, 0.15) is 35.0 Å².